The molecule has 1 saturated carbocycles. The molecular formula is C14H21FN2O2S. The van der Waals surface area contributed by atoms with E-state index < -0.39 is 15.8 Å². The van der Waals surface area contributed by atoms with Crippen molar-refractivity contribution in [3.63, 3.8) is 0 Å². The molecule has 0 amide bonds. The smallest absolute Gasteiger partial charge is 0.243 e. The summed E-state index contributed by atoms with van der Waals surface area (Å²) < 4.78 is 39.9. The molecule has 20 heavy (non-hydrogen) atoms. The van der Waals surface area contributed by atoms with Crippen LogP contribution in [0.3, 0.4) is 0 Å². The van der Waals surface area contributed by atoms with Gasteiger partial charge in [0.15, 0.2) is 0 Å². The number of nitrogens with zero attached hydrogens (tertiary/aromatic N) is 1. The van der Waals surface area contributed by atoms with Gasteiger partial charge < -0.3 is 5.73 Å². The average molecular weight is 300 g/mol. The molecule has 0 bridgehead atoms. The van der Waals surface area contributed by atoms with Gasteiger partial charge in [0.2, 0.25) is 10.0 Å². The number of aryl methyl sites for hydroxylation is 1. The quantitative estimate of drug-likeness (QED) is 0.929. The number of halogens is 1. The fourth-order valence-corrected chi connectivity index (χ4v) is 3.99. The molecule has 0 aliphatic heterocycles. The molecule has 0 aromatic heterocycles. The van der Waals surface area contributed by atoms with Gasteiger partial charge in [0.25, 0.3) is 0 Å². The van der Waals surface area contributed by atoms with E-state index in [0.29, 0.717) is 5.56 Å². The zero-order valence-corrected chi connectivity index (χ0v) is 12.7. The van der Waals surface area contributed by atoms with Gasteiger partial charge >= 0.3 is 0 Å². The number of hydrogen-bond donors (Lipinski definition) is 1. The molecule has 0 atom stereocenters. The summed E-state index contributed by atoms with van der Waals surface area (Å²) >= 11 is 0. The van der Waals surface area contributed by atoms with Crippen LogP contribution in [0.2, 0.25) is 0 Å². The maximum absolute atomic E-state index is 13.6. The third kappa shape index (κ3) is 3.02. The predicted octanol–water partition coefficient (Wildman–Crippen LogP) is 2.02. The van der Waals surface area contributed by atoms with E-state index in [2.05, 4.69) is 0 Å². The van der Waals surface area contributed by atoms with Crippen molar-refractivity contribution in [2.45, 2.75) is 49.6 Å². The third-order valence-corrected chi connectivity index (χ3v) is 5.98. The Labute approximate surface area is 119 Å². The normalized spacial score (nSPS) is 24.1. The molecule has 4 nitrogen and oxygen atoms in total. The molecule has 2 N–H and O–H groups in total. The number of benzene rings is 1. The van der Waals surface area contributed by atoms with E-state index >= 15 is 0 Å². The topological polar surface area (TPSA) is 63.4 Å². The summed E-state index contributed by atoms with van der Waals surface area (Å²) in [4.78, 5) is 0.0120. The monoisotopic (exact) mass is 300 g/mol. The Hall–Kier alpha value is -0.980. The number of rotatable bonds is 3. The van der Waals surface area contributed by atoms with Gasteiger partial charge in [-0.1, -0.05) is 6.07 Å². The molecule has 2 rings (SSSR count). The minimum atomic E-state index is -3.64. The summed E-state index contributed by atoms with van der Waals surface area (Å²) in [6, 6.07) is 4.16. The highest BCUT2D eigenvalue weighted by Crippen LogP contribution is 2.26. The Bertz CT molecular complexity index is 581. The van der Waals surface area contributed by atoms with Crippen molar-refractivity contribution < 1.29 is 12.8 Å². The molecule has 0 saturated heterocycles. The number of nitrogens with two attached hydrogens (primary N) is 1. The zero-order chi connectivity index (χ0) is 14.9. The van der Waals surface area contributed by atoms with E-state index in [4.69, 9.17) is 5.73 Å². The maximum Gasteiger partial charge on any atom is 0.243 e. The van der Waals surface area contributed by atoms with Crippen LogP contribution in [0.1, 0.15) is 31.2 Å². The Kier molecular flexibility index (Phi) is 4.46. The largest absolute Gasteiger partial charge is 0.328 e. The van der Waals surface area contributed by atoms with Crippen molar-refractivity contribution in [3.05, 3.63) is 29.6 Å². The van der Waals surface area contributed by atoms with Gasteiger partial charge in [0, 0.05) is 19.1 Å². The lowest BCUT2D eigenvalue weighted by Gasteiger charge is -2.32. The first-order valence-corrected chi connectivity index (χ1v) is 8.26. The standard InChI is InChI=1S/C14H21FN2O2S/c1-10-3-8-13(9-14(10)15)20(18,19)17(2)12-6-4-11(16)5-7-12/h3,8-9,11-12H,4-7,16H2,1-2H3. The van der Waals surface area contributed by atoms with E-state index in [9.17, 15) is 12.8 Å². The van der Waals surface area contributed by atoms with E-state index in [1.54, 1.807) is 14.0 Å². The summed E-state index contributed by atoms with van der Waals surface area (Å²) in [5, 5.41) is 0. The van der Waals surface area contributed by atoms with Crippen LogP contribution in [0.15, 0.2) is 23.1 Å². The van der Waals surface area contributed by atoms with Crippen LogP contribution in [-0.4, -0.2) is 31.9 Å². The van der Waals surface area contributed by atoms with Crippen LogP contribution in [0.25, 0.3) is 0 Å². The number of sulfonamides is 1. The highest BCUT2D eigenvalue weighted by atomic mass is 32.2. The molecule has 0 spiro atoms. The summed E-state index contributed by atoms with van der Waals surface area (Å²) in [7, 11) is -2.08. The van der Waals surface area contributed by atoms with Crippen molar-refractivity contribution in [3.8, 4) is 0 Å². The van der Waals surface area contributed by atoms with Crippen LogP contribution >= 0.6 is 0 Å². The Morgan fingerprint density at radius 3 is 2.40 bits per heavy atom. The molecule has 0 unspecified atom stereocenters. The number of hydrogen-bond acceptors (Lipinski definition) is 3. The first-order valence-electron chi connectivity index (χ1n) is 6.82. The summed E-state index contributed by atoms with van der Waals surface area (Å²) in [5.74, 6) is -0.495. The molecule has 1 aliphatic rings. The van der Waals surface area contributed by atoms with Crippen molar-refractivity contribution in [2.24, 2.45) is 5.73 Å². The highest BCUT2D eigenvalue weighted by Gasteiger charge is 2.30. The van der Waals surface area contributed by atoms with E-state index in [1.807, 2.05) is 0 Å². The van der Waals surface area contributed by atoms with Crippen molar-refractivity contribution in [2.75, 3.05) is 7.05 Å². The van der Waals surface area contributed by atoms with E-state index in [0.717, 1.165) is 31.7 Å². The van der Waals surface area contributed by atoms with Crippen LogP contribution in [0.4, 0.5) is 4.39 Å². The fraction of sp³-hybridized carbons (Fsp3) is 0.571. The lowest BCUT2D eigenvalue weighted by Crippen LogP contribution is -2.41. The van der Waals surface area contributed by atoms with Crippen LogP contribution < -0.4 is 5.73 Å². The van der Waals surface area contributed by atoms with Gasteiger partial charge in [-0.3, -0.25) is 0 Å². The Balaban J connectivity index is 2.23. The van der Waals surface area contributed by atoms with Crippen LogP contribution in [-0.2, 0) is 10.0 Å². The minimum absolute atomic E-state index is 0.0120. The van der Waals surface area contributed by atoms with Gasteiger partial charge in [0.1, 0.15) is 5.82 Å². The van der Waals surface area contributed by atoms with Gasteiger partial charge in [-0.2, -0.15) is 4.31 Å². The predicted molar refractivity (Wildman–Crippen MR) is 76.3 cm³/mol. The molecule has 0 radical (unpaired) electrons. The van der Waals surface area contributed by atoms with Crippen molar-refractivity contribution >= 4 is 10.0 Å². The van der Waals surface area contributed by atoms with Gasteiger partial charge in [0.05, 0.1) is 4.90 Å². The first-order chi connectivity index (χ1) is 9.32. The van der Waals surface area contributed by atoms with Gasteiger partial charge in [-0.15, -0.1) is 0 Å². The van der Waals surface area contributed by atoms with Crippen LogP contribution in [0, 0.1) is 12.7 Å². The highest BCUT2D eigenvalue weighted by molar-refractivity contribution is 7.89. The first kappa shape index (κ1) is 15.4. The second-order valence-electron chi connectivity index (χ2n) is 5.50. The van der Waals surface area contributed by atoms with E-state index in [1.165, 1.54) is 16.4 Å². The molecule has 1 aromatic carbocycles. The Morgan fingerprint density at radius 2 is 1.85 bits per heavy atom. The third-order valence-electron chi connectivity index (χ3n) is 4.08. The fourth-order valence-electron chi connectivity index (χ4n) is 2.56. The second-order valence-corrected chi connectivity index (χ2v) is 7.50. The molecule has 1 aromatic rings. The Morgan fingerprint density at radius 1 is 1.25 bits per heavy atom. The molecule has 1 aliphatic carbocycles. The molecule has 1 fully saturated rings. The SMILES string of the molecule is Cc1ccc(S(=O)(=O)N(C)C2CCC(N)CC2)cc1F. The lowest BCUT2D eigenvalue weighted by atomic mass is 9.92. The molecule has 6 heteroatoms. The zero-order valence-electron chi connectivity index (χ0n) is 11.8. The van der Waals surface area contributed by atoms with Crippen LogP contribution in [0.5, 0.6) is 0 Å². The minimum Gasteiger partial charge on any atom is -0.328 e. The maximum atomic E-state index is 13.6. The average Bonchev–Trinajstić information content (AvgIpc) is 2.41. The van der Waals surface area contributed by atoms with Crippen molar-refractivity contribution in [1.82, 2.24) is 4.31 Å². The second kappa shape index (κ2) is 5.79. The molecule has 0 heterocycles. The van der Waals surface area contributed by atoms with Gasteiger partial charge in [-0.05, 0) is 50.3 Å². The van der Waals surface area contributed by atoms with Gasteiger partial charge in [-0.25, -0.2) is 12.8 Å². The summed E-state index contributed by atoms with van der Waals surface area (Å²) in [6.45, 7) is 1.61. The summed E-state index contributed by atoms with van der Waals surface area (Å²) in [6.07, 6.45) is 3.16. The molecule has 112 valence electrons. The van der Waals surface area contributed by atoms with E-state index in [-0.39, 0.29) is 17.0 Å². The molecular weight excluding hydrogens is 279 g/mol. The lowest BCUT2D eigenvalue weighted by molar-refractivity contribution is 0.268. The summed E-state index contributed by atoms with van der Waals surface area (Å²) in [5.41, 5.74) is 6.28. The van der Waals surface area contributed by atoms with Crippen molar-refractivity contribution in [1.29, 1.82) is 0 Å².